The summed E-state index contributed by atoms with van der Waals surface area (Å²) in [6.07, 6.45) is 3.65. The van der Waals surface area contributed by atoms with Crippen LogP contribution in [-0.2, 0) is 19.6 Å². The third kappa shape index (κ3) is 2.36. The lowest BCUT2D eigenvalue weighted by molar-refractivity contribution is -0.140. The van der Waals surface area contributed by atoms with E-state index in [1.165, 1.54) is 0 Å². The van der Waals surface area contributed by atoms with Gasteiger partial charge >= 0.3 is 0 Å². The van der Waals surface area contributed by atoms with Crippen molar-refractivity contribution in [1.29, 1.82) is 0 Å². The Morgan fingerprint density at radius 2 is 1.72 bits per heavy atom. The third-order valence-electron chi connectivity index (χ3n) is 7.03. The average molecular weight is 369 g/mol. The van der Waals surface area contributed by atoms with E-state index in [9.17, 15) is 18.0 Å². The van der Waals surface area contributed by atoms with Crippen molar-refractivity contribution >= 4 is 21.8 Å². The molecule has 2 spiro atoms. The standard InChI is InChI=1S/C17H27N3O4S/c1-13(21)19-11-16(17(12-19)7-8-18(2)15(17)22)5-9-20(10-6-16)25(23,24)14-3-4-14/h14H,3-12H2,1-2H3. The molecule has 0 aromatic carbocycles. The molecule has 4 aliphatic rings. The summed E-state index contributed by atoms with van der Waals surface area (Å²) in [6, 6.07) is 0. The molecule has 3 heterocycles. The maximum absolute atomic E-state index is 13.0. The van der Waals surface area contributed by atoms with Gasteiger partial charge in [-0.2, -0.15) is 0 Å². The van der Waals surface area contributed by atoms with Crippen LogP contribution in [0.1, 0.15) is 39.0 Å². The number of hydrogen-bond donors (Lipinski definition) is 0. The Morgan fingerprint density at radius 1 is 1.08 bits per heavy atom. The summed E-state index contributed by atoms with van der Waals surface area (Å²) in [4.78, 5) is 28.6. The summed E-state index contributed by atoms with van der Waals surface area (Å²) >= 11 is 0. The maximum Gasteiger partial charge on any atom is 0.231 e. The Morgan fingerprint density at radius 3 is 2.20 bits per heavy atom. The summed E-state index contributed by atoms with van der Waals surface area (Å²) in [5.41, 5.74) is -0.807. The molecule has 1 atom stereocenters. The van der Waals surface area contributed by atoms with Crippen LogP contribution in [0.5, 0.6) is 0 Å². The zero-order chi connectivity index (χ0) is 18.0. The number of piperidine rings is 1. The third-order valence-corrected chi connectivity index (χ3v) is 9.43. The minimum Gasteiger partial charge on any atom is -0.345 e. The van der Waals surface area contributed by atoms with Gasteiger partial charge in [-0.15, -0.1) is 0 Å². The molecule has 0 bridgehead atoms. The topological polar surface area (TPSA) is 78.0 Å². The second-order valence-electron chi connectivity index (χ2n) is 8.36. The average Bonchev–Trinajstić information content (AvgIpc) is 3.33. The quantitative estimate of drug-likeness (QED) is 0.700. The van der Waals surface area contributed by atoms with Crippen LogP contribution in [0.4, 0.5) is 0 Å². The van der Waals surface area contributed by atoms with E-state index in [2.05, 4.69) is 0 Å². The first-order chi connectivity index (χ1) is 11.7. The van der Waals surface area contributed by atoms with Crippen LogP contribution < -0.4 is 0 Å². The minimum atomic E-state index is -3.17. The normalized spacial score (nSPS) is 33.0. The molecule has 140 valence electrons. The number of sulfonamides is 1. The highest BCUT2D eigenvalue weighted by Gasteiger charge is 2.65. The van der Waals surface area contributed by atoms with Crippen molar-refractivity contribution in [3.05, 3.63) is 0 Å². The SMILES string of the molecule is CC(=O)N1CC2(CCN(S(=O)(=O)C3CC3)CC2)C2(CCN(C)C2=O)C1. The minimum absolute atomic E-state index is 0.00614. The van der Waals surface area contributed by atoms with Gasteiger partial charge in [-0.1, -0.05) is 0 Å². The van der Waals surface area contributed by atoms with Crippen molar-refractivity contribution in [2.24, 2.45) is 10.8 Å². The molecule has 4 rings (SSSR count). The van der Waals surface area contributed by atoms with Gasteiger partial charge in [0.1, 0.15) is 0 Å². The van der Waals surface area contributed by atoms with Gasteiger partial charge in [0, 0.05) is 52.1 Å². The van der Waals surface area contributed by atoms with Crippen molar-refractivity contribution < 1.29 is 18.0 Å². The lowest BCUT2D eigenvalue weighted by Gasteiger charge is -2.46. The van der Waals surface area contributed by atoms with E-state index in [1.807, 2.05) is 11.9 Å². The number of likely N-dealkylation sites (tertiary alicyclic amines) is 2. The van der Waals surface area contributed by atoms with Gasteiger partial charge in [-0.3, -0.25) is 9.59 Å². The fraction of sp³-hybridized carbons (Fsp3) is 0.882. The van der Waals surface area contributed by atoms with Crippen LogP contribution in [0, 0.1) is 10.8 Å². The monoisotopic (exact) mass is 369 g/mol. The van der Waals surface area contributed by atoms with Crippen LogP contribution >= 0.6 is 0 Å². The second-order valence-corrected chi connectivity index (χ2v) is 10.6. The Hall–Kier alpha value is -1.15. The molecule has 25 heavy (non-hydrogen) atoms. The lowest BCUT2D eigenvalue weighted by Crippen LogP contribution is -2.53. The number of nitrogens with zero attached hydrogens (tertiary/aromatic N) is 3. The molecule has 8 heteroatoms. The van der Waals surface area contributed by atoms with Crippen molar-refractivity contribution in [2.45, 2.75) is 44.3 Å². The van der Waals surface area contributed by atoms with E-state index < -0.39 is 15.4 Å². The summed E-state index contributed by atoms with van der Waals surface area (Å²) in [6.45, 7) is 4.30. The molecule has 0 aromatic heterocycles. The van der Waals surface area contributed by atoms with Gasteiger partial charge in [0.05, 0.1) is 10.7 Å². The van der Waals surface area contributed by atoms with Gasteiger partial charge < -0.3 is 9.80 Å². The van der Waals surface area contributed by atoms with Gasteiger partial charge in [-0.05, 0) is 32.1 Å². The Labute approximate surface area is 149 Å². The Kier molecular flexibility index (Phi) is 3.75. The van der Waals surface area contributed by atoms with E-state index in [0.717, 1.165) is 25.8 Å². The molecule has 2 amide bonds. The van der Waals surface area contributed by atoms with E-state index in [-0.39, 0.29) is 22.5 Å². The number of carbonyl (C=O) groups excluding carboxylic acids is 2. The first-order valence-corrected chi connectivity index (χ1v) is 10.7. The summed E-state index contributed by atoms with van der Waals surface area (Å²) in [5, 5.41) is -0.188. The van der Waals surface area contributed by atoms with Crippen molar-refractivity contribution in [3.63, 3.8) is 0 Å². The van der Waals surface area contributed by atoms with E-state index >= 15 is 0 Å². The van der Waals surface area contributed by atoms with Crippen LogP contribution in [0.3, 0.4) is 0 Å². The maximum atomic E-state index is 13.0. The second kappa shape index (κ2) is 5.42. The van der Waals surface area contributed by atoms with Crippen molar-refractivity contribution in [1.82, 2.24) is 14.1 Å². The number of fused-ring (bicyclic) bond motifs is 1. The van der Waals surface area contributed by atoms with E-state index in [0.29, 0.717) is 39.0 Å². The first kappa shape index (κ1) is 17.3. The van der Waals surface area contributed by atoms with E-state index in [4.69, 9.17) is 0 Å². The number of amides is 2. The van der Waals surface area contributed by atoms with Gasteiger partial charge in [0.15, 0.2) is 0 Å². The van der Waals surface area contributed by atoms with E-state index in [1.54, 1.807) is 16.1 Å². The zero-order valence-corrected chi connectivity index (χ0v) is 15.8. The molecule has 7 nitrogen and oxygen atoms in total. The highest BCUT2D eigenvalue weighted by molar-refractivity contribution is 7.90. The molecule has 0 N–H and O–H groups in total. The largest absolute Gasteiger partial charge is 0.345 e. The molecule has 1 aliphatic carbocycles. The lowest BCUT2D eigenvalue weighted by atomic mass is 9.60. The Bertz CT molecular complexity index is 709. The zero-order valence-electron chi connectivity index (χ0n) is 15.0. The summed E-state index contributed by atoms with van der Waals surface area (Å²) in [5.74, 6) is 0.140. The molecule has 4 fully saturated rings. The molecule has 0 aromatic rings. The van der Waals surface area contributed by atoms with Gasteiger partial charge in [-0.25, -0.2) is 12.7 Å². The fourth-order valence-electron chi connectivity index (χ4n) is 5.24. The summed E-state index contributed by atoms with van der Waals surface area (Å²) < 4.78 is 26.7. The summed E-state index contributed by atoms with van der Waals surface area (Å²) in [7, 11) is -1.34. The van der Waals surface area contributed by atoms with Crippen LogP contribution in [-0.4, -0.2) is 79.4 Å². The number of hydrogen-bond acceptors (Lipinski definition) is 4. The molecular formula is C17H27N3O4S. The highest BCUT2D eigenvalue weighted by atomic mass is 32.2. The molecular weight excluding hydrogens is 342 g/mol. The molecule has 3 aliphatic heterocycles. The number of rotatable bonds is 2. The van der Waals surface area contributed by atoms with Gasteiger partial charge in [0.25, 0.3) is 0 Å². The van der Waals surface area contributed by atoms with Crippen molar-refractivity contribution in [3.8, 4) is 0 Å². The fourth-order valence-corrected chi connectivity index (χ4v) is 7.09. The van der Waals surface area contributed by atoms with Gasteiger partial charge in [0.2, 0.25) is 21.8 Å². The molecule has 1 saturated carbocycles. The van der Waals surface area contributed by atoms with Crippen LogP contribution in [0.25, 0.3) is 0 Å². The molecule has 1 unspecified atom stereocenters. The predicted molar refractivity (Wildman–Crippen MR) is 92.1 cm³/mol. The Balaban J connectivity index is 1.61. The number of carbonyl (C=O) groups is 2. The first-order valence-electron chi connectivity index (χ1n) is 9.22. The predicted octanol–water partition coefficient (Wildman–Crippen LogP) is 0.271. The molecule has 3 saturated heterocycles. The highest BCUT2D eigenvalue weighted by Crippen LogP contribution is 2.58. The van der Waals surface area contributed by atoms with Crippen molar-refractivity contribution in [2.75, 3.05) is 39.8 Å². The molecule has 0 radical (unpaired) electrons. The smallest absolute Gasteiger partial charge is 0.231 e. The van der Waals surface area contributed by atoms with Crippen LogP contribution in [0.2, 0.25) is 0 Å². The van der Waals surface area contributed by atoms with Crippen LogP contribution in [0.15, 0.2) is 0 Å².